The summed E-state index contributed by atoms with van der Waals surface area (Å²) in [6.07, 6.45) is 2.30. The van der Waals surface area contributed by atoms with Gasteiger partial charge in [0.2, 0.25) is 5.91 Å². The molecule has 1 atom stereocenters. The summed E-state index contributed by atoms with van der Waals surface area (Å²) in [5.74, 6) is 1.00. The van der Waals surface area contributed by atoms with E-state index in [2.05, 4.69) is 15.5 Å². The number of aromatic amines is 1. The number of aromatic nitrogens is 2. The molecule has 5 nitrogen and oxygen atoms in total. The normalized spacial score (nSPS) is 17.0. The van der Waals surface area contributed by atoms with Crippen molar-refractivity contribution in [3.63, 3.8) is 0 Å². The van der Waals surface area contributed by atoms with Gasteiger partial charge in [0.25, 0.3) is 0 Å². The quantitative estimate of drug-likeness (QED) is 0.910. The van der Waals surface area contributed by atoms with Gasteiger partial charge < -0.3 is 10.1 Å². The summed E-state index contributed by atoms with van der Waals surface area (Å²) in [7, 11) is 0. The zero-order valence-corrected chi connectivity index (χ0v) is 13.7. The van der Waals surface area contributed by atoms with Gasteiger partial charge in [-0.05, 0) is 50.3 Å². The fourth-order valence-electron chi connectivity index (χ4n) is 3.11. The number of hydrogen-bond donors (Lipinski definition) is 2. The number of nitrogens with zero attached hydrogens (tertiary/aromatic N) is 1. The Kier molecular flexibility index (Phi) is 4.65. The molecule has 1 amide bonds. The third kappa shape index (κ3) is 3.55. The highest BCUT2D eigenvalue weighted by atomic mass is 16.5. The fourth-order valence-corrected chi connectivity index (χ4v) is 3.11. The van der Waals surface area contributed by atoms with Crippen molar-refractivity contribution in [2.45, 2.75) is 33.1 Å². The lowest BCUT2D eigenvalue weighted by Gasteiger charge is -2.14. The van der Waals surface area contributed by atoms with Crippen LogP contribution in [0.2, 0.25) is 0 Å². The van der Waals surface area contributed by atoms with Crippen LogP contribution in [0.4, 0.5) is 0 Å². The minimum Gasteiger partial charge on any atom is -0.493 e. The maximum atomic E-state index is 12.5. The number of rotatable bonds is 4. The van der Waals surface area contributed by atoms with Gasteiger partial charge in [-0.3, -0.25) is 9.89 Å². The van der Waals surface area contributed by atoms with Crippen LogP contribution < -0.4 is 10.1 Å². The molecule has 0 aliphatic carbocycles. The smallest absolute Gasteiger partial charge is 0.223 e. The second kappa shape index (κ2) is 6.86. The van der Waals surface area contributed by atoms with Crippen LogP contribution in [-0.4, -0.2) is 29.3 Å². The first kappa shape index (κ1) is 15.6. The lowest BCUT2D eigenvalue weighted by atomic mass is 9.96. The molecule has 0 unspecified atom stereocenters. The lowest BCUT2D eigenvalue weighted by Crippen LogP contribution is -2.33. The van der Waals surface area contributed by atoms with Crippen LogP contribution >= 0.6 is 0 Å². The zero-order valence-electron chi connectivity index (χ0n) is 13.7. The molecule has 0 saturated carbocycles. The maximum Gasteiger partial charge on any atom is 0.223 e. The molecule has 1 aliphatic rings. The molecule has 2 heterocycles. The van der Waals surface area contributed by atoms with Crippen molar-refractivity contribution in [2.75, 3.05) is 13.2 Å². The Morgan fingerprint density at radius 3 is 3.00 bits per heavy atom. The van der Waals surface area contributed by atoms with E-state index in [-0.39, 0.29) is 11.8 Å². The highest BCUT2D eigenvalue weighted by Crippen LogP contribution is 2.26. The van der Waals surface area contributed by atoms with Gasteiger partial charge in [-0.2, -0.15) is 5.10 Å². The standard InChI is InChI=1S/C18H23N3O2/c1-12-16(13(2)21-20-12)7-9-19-18(22)15-8-10-23-17-6-4-3-5-14(17)11-15/h3-6,15H,7-11H2,1-2H3,(H,19,22)(H,20,21)/t15-/m0/s1. The van der Waals surface area contributed by atoms with Gasteiger partial charge in [0, 0.05) is 18.2 Å². The van der Waals surface area contributed by atoms with Crippen LogP contribution in [0.3, 0.4) is 0 Å². The van der Waals surface area contributed by atoms with Crippen molar-refractivity contribution in [2.24, 2.45) is 5.92 Å². The summed E-state index contributed by atoms with van der Waals surface area (Å²) in [4.78, 5) is 12.5. The number of para-hydroxylation sites is 1. The van der Waals surface area contributed by atoms with E-state index < -0.39 is 0 Å². The Morgan fingerprint density at radius 2 is 2.22 bits per heavy atom. The monoisotopic (exact) mass is 313 g/mol. The average molecular weight is 313 g/mol. The topological polar surface area (TPSA) is 67.0 Å². The third-order valence-electron chi connectivity index (χ3n) is 4.49. The number of hydrogen-bond acceptors (Lipinski definition) is 3. The van der Waals surface area contributed by atoms with Crippen LogP contribution in [0.1, 0.15) is 28.9 Å². The van der Waals surface area contributed by atoms with Gasteiger partial charge in [-0.15, -0.1) is 0 Å². The van der Waals surface area contributed by atoms with Crippen molar-refractivity contribution in [3.05, 3.63) is 46.8 Å². The number of ether oxygens (including phenoxy) is 1. The summed E-state index contributed by atoms with van der Waals surface area (Å²) in [6.45, 7) is 5.23. The van der Waals surface area contributed by atoms with Gasteiger partial charge in [0.1, 0.15) is 5.75 Å². The summed E-state index contributed by atoms with van der Waals surface area (Å²) < 4.78 is 5.73. The number of fused-ring (bicyclic) bond motifs is 1. The van der Waals surface area contributed by atoms with Crippen LogP contribution in [0.25, 0.3) is 0 Å². The highest BCUT2D eigenvalue weighted by molar-refractivity contribution is 5.79. The Balaban J connectivity index is 1.56. The molecule has 1 aliphatic heterocycles. The molecule has 0 radical (unpaired) electrons. The molecule has 2 N–H and O–H groups in total. The first-order chi connectivity index (χ1) is 11.1. The molecule has 2 aromatic rings. The van der Waals surface area contributed by atoms with Crippen molar-refractivity contribution in [1.29, 1.82) is 0 Å². The molecule has 0 bridgehead atoms. The summed E-state index contributed by atoms with van der Waals surface area (Å²) in [5, 5.41) is 10.2. The minimum atomic E-state index is -0.0230. The van der Waals surface area contributed by atoms with Crippen molar-refractivity contribution in [3.8, 4) is 5.75 Å². The minimum absolute atomic E-state index is 0.0230. The Labute approximate surface area is 136 Å². The predicted molar refractivity (Wildman–Crippen MR) is 88.5 cm³/mol. The zero-order chi connectivity index (χ0) is 16.2. The van der Waals surface area contributed by atoms with Crippen molar-refractivity contribution in [1.82, 2.24) is 15.5 Å². The second-order valence-electron chi connectivity index (χ2n) is 6.10. The molecule has 0 saturated heterocycles. The molecule has 1 aromatic heterocycles. The van der Waals surface area contributed by atoms with Crippen molar-refractivity contribution >= 4 is 5.91 Å². The first-order valence-electron chi connectivity index (χ1n) is 8.14. The van der Waals surface area contributed by atoms with Crippen LogP contribution in [0.5, 0.6) is 5.75 Å². The Hall–Kier alpha value is -2.30. The van der Waals surface area contributed by atoms with Crippen LogP contribution in [0.15, 0.2) is 24.3 Å². The third-order valence-corrected chi connectivity index (χ3v) is 4.49. The average Bonchev–Trinajstić information content (AvgIpc) is 2.77. The predicted octanol–water partition coefficient (Wildman–Crippen LogP) is 2.33. The Morgan fingerprint density at radius 1 is 1.39 bits per heavy atom. The van der Waals surface area contributed by atoms with E-state index in [4.69, 9.17) is 4.74 Å². The molecule has 1 aromatic carbocycles. The number of benzene rings is 1. The summed E-state index contributed by atoms with van der Waals surface area (Å²) in [5.41, 5.74) is 4.40. The van der Waals surface area contributed by atoms with E-state index in [1.54, 1.807) is 0 Å². The van der Waals surface area contributed by atoms with E-state index in [0.717, 1.165) is 42.0 Å². The van der Waals surface area contributed by atoms with Crippen LogP contribution in [0, 0.1) is 19.8 Å². The van der Waals surface area contributed by atoms with Gasteiger partial charge in [-0.1, -0.05) is 18.2 Å². The van der Waals surface area contributed by atoms with Gasteiger partial charge in [0.15, 0.2) is 0 Å². The van der Waals surface area contributed by atoms with Crippen LogP contribution in [-0.2, 0) is 17.6 Å². The number of aryl methyl sites for hydroxylation is 2. The highest BCUT2D eigenvalue weighted by Gasteiger charge is 2.23. The van der Waals surface area contributed by atoms with E-state index in [1.165, 1.54) is 5.56 Å². The van der Waals surface area contributed by atoms with E-state index in [0.29, 0.717) is 13.2 Å². The summed E-state index contributed by atoms with van der Waals surface area (Å²) >= 11 is 0. The molecule has 0 spiro atoms. The fraction of sp³-hybridized carbons (Fsp3) is 0.444. The largest absolute Gasteiger partial charge is 0.493 e. The van der Waals surface area contributed by atoms with Crippen molar-refractivity contribution < 1.29 is 9.53 Å². The van der Waals surface area contributed by atoms with E-state index in [1.807, 2.05) is 38.1 Å². The molecule has 3 rings (SSSR count). The first-order valence-corrected chi connectivity index (χ1v) is 8.14. The number of amides is 1. The van der Waals surface area contributed by atoms with Gasteiger partial charge in [0.05, 0.1) is 12.3 Å². The molecule has 122 valence electrons. The molecule has 5 heteroatoms. The van der Waals surface area contributed by atoms with Gasteiger partial charge in [-0.25, -0.2) is 0 Å². The molecular weight excluding hydrogens is 290 g/mol. The number of nitrogens with one attached hydrogen (secondary N) is 2. The number of carbonyl (C=O) groups excluding carboxylic acids is 1. The number of carbonyl (C=O) groups is 1. The maximum absolute atomic E-state index is 12.5. The lowest BCUT2D eigenvalue weighted by molar-refractivity contribution is -0.125. The van der Waals surface area contributed by atoms with E-state index in [9.17, 15) is 4.79 Å². The van der Waals surface area contributed by atoms with Gasteiger partial charge >= 0.3 is 0 Å². The summed E-state index contributed by atoms with van der Waals surface area (Å²) in [6, 6.07) is 7.97. The Bertz CT molecular complexity index is 674. The SMILES string of the molecule is Cc1n[nH]c(C)c1CCNC(=O)[C@H]1CCOc2ccccc2C1. The molecule has 0 fully saturated rings. The second-order valence-corrected chi connectivity index (χ2v) is 6.10. The van der Waals surface area contributed by atoms with E-state index >= 15 is 0 Å². The molecule has 23 heavy (non-hydrogen) atoms. The number of H-pyrrole nitrogens is 1. The molecular formula is C18H23N3O2.